The quantitative estimate of drug-likeness (QED) is 0.864. The van der Waals surface area contributed by atoms with E-state index in [1.807, 2.05) is 16.9 Å². The van der Waals surface area contributed by atoms with Gasteiger partial charge in [-0.25, -0.2) is 8.42 Å². The molecule has 0 aliphatic carbocycles. The molecule has 0 aromatic carbocycles. The molecule has 2 rings (SSSR count). The average Bonchev–Trinajstić information content (AvgIpc) is 2.98. The highest BCUT2D eigenvalue weighted by atomic mass is 32.2. The molecule has 0 radical (unpaired) electrons. The van der Waals surface area contributed by atoms with Crippen molar-refractivity contribution < 1.29 is 8.42 Å². The minimum atomic E-state index is -2.85. The first-order chi connectivity index (χ1) is 9.45. The van der Waals surface area contributed by atoms with Gasteiger partial charge in [-0.15, -0.1) is 0 Å². The second kappa shape index (κ2) is 6.26. The molecule has 114 valence electrons. The van der Waals surface area contributed by atoms with E-state index in [1.165, 1.54) is 0 Å². The summed E-state index contributed by atoms with van der Waals surface area (Å²) in [5.74, 6) is 0.605. The minimum absolute atomic E-state index is 0.0818. The lowest BCUT2D eigenvalue weighted by molar-refractivity contribution is 0.417. The Balaban J connectivity index is 1.97. The standard InChI is InChI=1S/C14H25N3O2S/c1-3-13(4-2)17-7-5-12(16-17)9-14(15)11-6-8-20(18,19)10-11/h5,7,11,13-14H,3-4,6,8-10,15H2,1-2H3. The molecular formula is C14H25N3O2S. The van der Waals surface area contributed by atoms with Crippen LogP contribution < -0.4 is 5.73 Å². The summed E-state index contributed by atoms with van der Waals surface area (Å²) in [7, 11) is -2.85. The van der Waals surface area contributed by atoms with E-state index in [4.69, 9.17) is 5.73 Å². The van der Waals surface area contributed by atoms with Gasteiger partial charge in [0, 0.05) is 18.7 Å². The van der Waals surface area contributed by atoms with E-state index in [9.17, 15) is 8.42 Å². The van der Waals surface area contributed by atoms with Crippen LogP contribution in [0.3, 0.4) is 0 Å². The number of nitrogens with two attached hydrogens (primary N) is 1. The molecule has 1 aromatic heterocycles. The van der Waals surface area contributed by atoms with Crippen LogP contribution in [0.15, 0.2) is 12.3 Å². The van der Waals surface area contributed by atoms with Crippen LogP contribution in [0.4, 0.5) is 0 Å². The zero-order chi connectivity index (χ0) is 14.8. The fourth-order valence-corrected chi connectivity index (χ4v) is 4.82. The summed E-state index contributed by atoms with van der Waals surface area (Å²) in [5.41, 5.74) is 7.14. The topological polar surface area (TPSA) is 78.0 Å². The van der Waals surface area contributed by atoms with Gasteiger partial charge in [0.15, 0.2) is 9.84 Å². The minimum Gasteiger partial charge on any atom is -0.327 e. The Morgan fingerprint density at radius 3 is 2.70 bits per heavy atom. The van der Waals surface area contributed by atoms with Crippen molar-refractivity contribution in [1.82, 2.24) is 9.78 Å². The molecule has 6 heteroatoms. The number of hydrogen-bond acceptors (Lipinski definition) is 4. The molecule has 1 aliphatic heterocycles. The van der Waals surface area contributed by atoms with Gasteiger partial charge < -0.3 is 5.73 Å². The Labute approximate surface area is 121 Å². The number of hydrogen-bond donors (Lipinski definition) is 1. The lowest BCUT2D eigenvalue weighted by Crippen LogP contribution is -2.33. The number of sulfone groups is 1. The molecule has 2 heterocycles. The van der Waals surface area contributed by atoms with Crippen LogP contribution in [0.1, 0.15) is 44.8 Å². The van der Waals surface area contributed by atoms with Gasteiger partial charge in [-0.1, -0.05) is 13.8 Å². The third kappa shape index (κ3) is 3.61. The van der Waals surface area contributed by atoms with E-state index in [0.29, 0.717) is 18.9 Å². The summed E-state index contributed by atoms with van der Waals surface area (Å²) in [4.78, 5) is 0. The second-order valence-electron chi connectivity index (χ2n) is 5.79. The Morgan fingerprint density at radius 1 is 1.45 bits per heavy atom. The van der Waals surface area contributed by atoms with Gasteiger partial charge in [0.05, 0.1) is 23.2 Å². The molecule has 1 saturated heterocycles. The molecule has 1 aromatic rings. The molecule has 0 spiro atoms. The normalized spacial score (nSPS) is 23.3. The van der Waals surface area contributed by atoms with E-state index in [0.717, 1.165) is 18.5 Å². The first kappa shape index (κ1) is 15.5. The number of nitrogens with zero attached hydrogens (tertiary/aromatic N) is 2. The summed E-state index contributed by atoms with van der Waals surface area (Å²) < 4.78 is 25.0. The average molecular weight is 299 g/mol. The zero-order valence-corrected chi connectivity index (χ0v) is 13.1. The van der Waals surface area contributed by atoms with Crippen LogP contribution >= 0.6 is 0 Å². The summed E-state index contributed by atoms with van der Waals surface area (Å²) >= 11 is 0. The van der Waals surface area contributed by atoms with Crippen LogP contribution in [0, 0.1) is 5.92 Å². The van der Waals surface area contributed by atoms with Crippen molar-refractivity contribution in [3.05, 3.63) is 18.0 Å². The van der Waals surface area contributed by atoms with Gasteiger partial charge in [0.1, 0.15) is 0 Å². The highest BCUT2D eigenvalue weighted by Crippen LogP contribution is 2.23. The smallest absolute Gasteiger partial charge is 0.150 e. The Morgan fingerprint density at radius 2 is 2.15 bits per heavy atom. The third-order valence-electron chi connectivity index (χ3n) is 4.30. The van der Waals surface area contributed by atoms with Crippen molar-refractivity contribution in [1.29, 1.82) is 0 Å². The van der Waals surface area contributed by atoms with Crippen LogP contribution in [0.25, 0.3) is 0 Å². The molecule has 0 amide bonds. The van der Waals surface area contributed by atoms with E-state index >= 15 is 0 Å². The zero-order valence-electron chi connectivity index (χ0n) is 12.3. The van der Waals surface area contributed by atoms with E-state index < -0.39 is 9.84 Å². The maximum atomic E-state index is 11.5. The van der Waals surface area contributed by atoms with Gasteiger partial charge in [0.25, 0.3) is 0 Å². The molecule has 2 N–H and O–H groups in total. The fraction of sp³-hybridized carbons (Fsp3) is 0.786. The summed E-state index contributed by atoms with van der Waals surface area (Å²) in [6.45, 7) is 4.31. The van der Waals surface area contributed by atoms with E-state index in [-0.39, 0.29) is 23.5 Å². The van der Waals surface area contributed by atoms with Crippen LogP contribution in [-0.2, 0) is 16.3 Å². The van der Waals surface area contributed by atoms with Gasteiger partial charge in [-0.3, -0.25) is 4.68 Å². The highest BCUT2D eigenvalue weighted by Gasteiger charge is 2.32. The van der Waals surface area contributed by atoms with E-state index in [2.05, 4.69) is 18.9 Å². The van der Waals surface area contributed by atoms with Crippen molar-refractivity contribution in [3.8, 4) is 0 Å². The number of aromatic nitrogens is 2. The van der Waals surface area contributed by atoms with E-state index in [1.54, 1.807) is 0 Å². The maximum Gasteiger partial charge on any atom is 0.150 e. The van der Waals surface area contributed by atoms with Gasteiger partial charge >= 0.3 is 0 Å². The van der Waals surface area contributed by atoms with Crippen molar-refractivity contribution in [2.45, 2.75) is 51.6 Å². The van der Waals surface area contributed by atoms with Crippen molar-refractivity contribution in [3.63, 3.8) is 0 Å². The SMILES string of the molecule is CCC(CC)n1ccc(CC(N)C2CCS(=O)(=O)C2)n1. The van der Waals surface area contributed by atoms with Crippen molar-refractivity contribution in [2.24, 2.45) is 11.7 Å². The predicted molar refractivity (Wildman–Crippen MR) is 80.3 cm³/mol. The molecule has 2 unspecified atom stereocenters. The molecule has 2 atom stereocenters. The number of rotatable bonds is 6. The largest absolute Gasteiger partial charge is 0.327 e. The van der Waals surface area contributed by atoms with Gasteiger partial charge in [-0.2, -0.15) is 5.10 Å². The lowest BCUT2D eigenvalue weighted by Gasteiger charge is -2.16. The summed E-state index contributed by atoms with van der Waals surface area (Å²) in [5, 5.41) is 4.59. The van der Waals surface area contributed by atoms with Gasteiger partial charge in [-0.05, 0) is 31.2 Å². The first-order valence-corrected chi connectivity index (χ1v) is 9.27. The molecular weight excluding hydrogens is 274 g/mol. The van der Waals surface area contributed by atoms with Gasteiger partial charge in [0.2, 0.25) is 0 Å². The molecule has 1 aliphatic rings. The summed E-state index contributed by atoms with van der Waals surface area (Å²) in [6.07, 6.45) is 5.48. The molecule has 20 heavy (non-hydrogen) atoms. The molecule has 0 saturated carbocycles. The Kier molecular flexibility index (Phi) is 4.86. The van der Waals surface area contributed by atoms with Crippen LogP contribution in [0.2, 0.25) is 0 Å². The summed E-state index contributed by atoms with van der Waals surface area (Å²) in [6, 6.07) is 2.32. The second-order valence-corrected chi connectivity index (χ2v) is 8.02. The highest BCUT2D eigenvalue weighted by molar-refractivity contribution is 7.91. The van der Waals surface area contributed by atoms with Crippen molar-refractivity contribution in [2.75, 3.05) is 11.5 Å². The molecule has 0 bridgehead atoms. The predicted octanol–water partition coefficient (Wildman–Crippen LogP) is 1.55. The Hall–Kier alpha value is -0.880. The Bertz CT molecular complexity index is 534. The van der Waals surface area contributed by atoms with Crippen LogP contribution in [0.5, 0.6) is 0 Å². The molecule has 5 nitrogen and oxygen atoms in total. The maximum absolute atomic E-state index is 11.5. The third-order valence-corrected chi connectivity index (χ3v) is 6.09. The fourth-order valence-electron chi connectivity index (χ4n) is 2.92. The van der Waals surface area contributed by atoms with Crippen LogP contribution in [-0.4, -0.2) is 35.7 Å². The molecule has 1 fully saturated rings. The lowest BCUT2D eigenvalue weighted by atomic mass is 9.96. The monoisotopic (exact) mass is 299 g/mol. The first-order valence-electron chi connectivity index (χ1n) is 7.45. The van der Waals surface area contributed by atoms with Crippen molar-refractivity contribution >= 4 is 9.84 Å².